The lowest BCUT2D eigenvalue weighted by Crippen LogP contribution is -2.16. The summed E-state index contributed by atoms with van der Waals surface area (Å²) in [6.45, 7) is 3.71. The molecule has 0 atom stereocenters. The molecule has 23 heavy (non-hydrogen) atoms. The number of primary sulfonamides is 1. The highest BCUT2D eigenvalue weighted by atomic mass is 32.2. The average Bonchev–Trinajstić information content (AvgIpc) is 2.48. The number of benzene rings is 2. The first-order chi connectivity index (χ1) is 10.7. The van der Waals surface area contributed by atoms with Gasteiger partial charge in [0.15, 0.2) is 0 Å². The van der Waals surface area contributed by atoms with E-state index in [4.69, 9.17) is 9.88 Å². The third kappa shape index (κ3) is 3.88. The van der Waals surface area contributed by atoms with Crippen LogP contribution in [0.3, 0.4) is 0 Å². The van der Waals surface area contributed by atoms with Crippen molar-refractivity contribution in [3.05, 3.63) is 53.1 Å². The monoisotopic (exact) mass is 334 g/mol. The number of nitrogens with one attached hydrogen (secondary N) is 1. The molecule has 2 aromatic rings. The molecule has 0 fully saturated rings. The van der Waals surface area contributed by atoms with Gasteiger partial charge in [-0.1, -0.05) is 17.7 Å². The second kappa shape index (κ2) is 6.39. The fourth-order valence-electron chi connectivity index (χ4n) is 2.13. The maximum atomic E-state index is 12.5. The van der Waals surface area contributed by atoms with Crippen molar-refractivity contribution in [2.45, 2.75) is 18.7 Å². The average molecular weight is 334 g/mol. The van der Waals surface area contributed by atoms with E-state index < -0.39 is 10.0 Å². The molecule has 0 spiro atoms. The minimum absolute atomic E-state index is 0.102. The van der Waals surface area contributed by atoms with Crippen LogP contribution in [0.15, 0.2) is 41.3 Å². The summed E-state index contributed by atoms with van der Waals surface area (Å²) in [5, 5.41) is 7.80. The number of hydrogen-bond donors (Lipinski definition) is 2. The molecule has 6 nitrogen and oxygen atoms in total. The van der Waals surface area contributed by atoms with Crippen molar-refractivity contribution < 1.29 is 17.9 Å². The molecule has 3 N–H and O–H groups in total. The lowest BCUT2D eigenvalue weighted by molar-refractivity contribution is 0.102. The van der Waals surface area contributed by atoms with Gasteiger partial charge in [-0.25, -0.2) is 13.6 Å². The summed E-state index contributed by atoms with van der Waals surface area (Å²) in [4.78, 5) is 12.4. The fourth-order valence-corrected chi connectivity index (χ4v) is 2.67. The maximum Gasteiger partial charge on any atom is 0.256 e. The molecule has 2 aromatic carbocycles. The highest BCUT2D eigenvalue weighted by Crippen LogP contribution is 2.28. The Labute approximate surface area is 135 Å². The van der Waals surface area contributed by atoms with Crippen molar-refractivity contribution in [1.82, 2.24) is 0 Å². The number of methoxy groups -OCH3 is 1. The van der Waals surface area contributed by atoms with Crippen LogP contribution in [0.4, 0.5) is 5.69 Å². The van der Waals surface area contributed by atoms with Crippen molar-refractivity contribution in [2.24, 2.45) is 5.14 Å². The summed E-state index contributed by atoms with van der Waals surface area (Å²) in [6, 6.07) is 9.56. The van der Waals surface area contributed by atoms with Crippen molar-refractivity contribution in [3.63, 3.8) is 0 Å². The van der Waals surface area contributed by atoms with Crippen LogP contribution in [0.25, 0.3) is 0 Å². The maximum absolute atomic E-state index is 12.5. The van der Waals surface area contributed by atoms with Crippen LogP contribution in [0.5, 0.6) is 5.75 Å². The van der Waals surface area contributed by atoms with E-state index in [-0.39, 0.29) is 16.5 Å². The lowest BCUT2D eigenvalue weighted by atomic mass is 10.0. The molecule has 0 aliphatic rings. The first-order valence-corrected chi connectivity index (χ1v) is 8.36. The molecule has 0 radical (unpaired) electrons. The fraction of sp³-hybridized carbons (Fsp3) is 0.188. The number of anilines is 1. The first kappa shape index (κ1) is 17.0. The molecule has 122 valence electrons. The number of hydrogen-bond acceptors (Lipinski definition) is 4. The zero-order chi connectivity index (χ0) is 17.2. The van der Waals surface area contributed by atoms with Crippen molar-refractivity contribution in [3.8, 4) is 5.75 Å². The van der Waals surface area contributed by atoms with Crippen molar-refractivity contribution in [2.75, 3.05) is 12.4 Å². The molecule has 0 aromatic heterocycles. The molecule has 0 bridgehead atoms. The van der Waals surface area contributed by atoms with E-state index in [2.05, 4.69) is 5.32 Å². The number of ether oxygens (including phenoxy) is 1. The molecule has 0 saturated carbocycles. The molecule has 7 heteroatoms. The van der Waals surface area contributed by atoms with Gasteiger partial charge in [-0.2, -0.15) is 0 Å². The van der Waals surface area contributed by atoms with Crippen LogP contribution < -0.4 is 15.2 Å². The van der Waals surface area contributed by atoms with Gasteiger partial charge in [0.25, 0.3) is 5.91 Å². The quantitative estimate of drug-likeness (QED) is 0.895. The van der Waals surface area contributed by atoms with E-state index in [1.807, 2.05) is 26.0 Å². The van der Waals surface area contributed by atoms with Gasteiger partial charge in [0.1, 0.15) is 5.75 Å². The number of aryl methyl sites for hydroxylation is 2. The highest BCUT2D eigenvalue weighted by Gasteiger charge is 2.16. The zero-order valence-electron chi connectivity index (χ0n) is 13.1. The van der Waals surface area contributed by atoms with Gasteiger partial charge in [-0.05, 0) is 43.7 Å². The van der Waals surface area contributed by atoms with E-state index in [1.165, 1.54) is 25.3 Å². The van der Waals surface area contributed by atoms with E-state index in [9.17, 15) is 13.2 Å². The smallest absolute Gasteiger partial charge is 0.256 e. The first-order valence-electron chi connectivity index (χ1n) is 6.82. The van der Waals surface area contributed by atoms with Crippen LogP contribution in [0.2, 0.25) is 0 Å². The predicted molar refractivity (Wildman–Crippen MR) is 88.2 cm³/mol. The van der Waals surface area contributed by atoms with Gasteiger partial charge in [0.2, 0.25) is 10.0 Å². The van der Waals surface area contributed by atoms with E-state index >= 15 is 0 Å². The Bertz CT molecular complexity index is 860. The largest absolute Gasteiger partial charge is 0.495 e. The van der Waals surface area contributed by atoms with Crippen LogP contribution in [0, 0.1) is 13.8 Å². The third-order valence-corrected chi connectivity index (χ3v) is 4.30. The third-order valence-electron chi connectivity index (χ3n) is 3.39. The molecular formula is C16H18N2O4S. The normalized spacial score (nSPS) is 11.1. The number of sulfonamides is 1. The molecular weight excluding hydrogens is 316 g/mol. The second-order valence-electron chi connectivity index (χ2n) is 5.18. The Hall–Kier alpha value is -2.38. The van der Waals surface area contributed by atoms with Gasteiger partial charge < -0.3 is 10.1 Å². The van der Waals surface area contributed by atoms with Crippen LogP contribution in [0.1, 0.15) is 21.5 Å². The molecule has 1 amide bonds. The Morgan fingerprint density at radius 1 is 1.13 bits per heavy atom. The molecule has 0 heterocycles. The van der Waals surface area contributed by atoms with Crippen molar-refractivity contribution in [1.29, 1.82) is 0 Å². The molecule has 0 aliphatic heterocycles. The summed E-state index contributed by atoms with van der Waals surface area (Å²) < 4.78 is 28.1. The zero-order valence-corrected chi connectivity index (χ0v) is 13.9. The standard InChI is InChI=1S/C16H18N2O4S/c1-10-4-5-11(2)13(8-10)16(19)18-14-9-12(23(17,20)21)6-7-15(14)22-3/h4-9H,1-3H3,(H,18,19)(H2,17,20,21). The van der Waals surface area contributed by atoms with Gasteiger partial charge in [-0.15, -0.1) is 0 Å². The Kier molecular flexibility index (Phi) is 4.72. The van der Waals surface area contributed by atoms with Gasteiger partial charge in [0.05, 0.1) is 17.7 Å². The minimum Gasteiger partial charge on any atom is -0.495 e. The highest BCUT2D eigenvalue weighted by molar-refractivity contribution is 7.89. The Balaban J connectivity index is 2.42. The van der Waals surface area contributed by atoms with Gasteiger partial charge in [-0.3, -0.25) is 4.79 Å². The van der Waals surface area contributed by atoms with Crippen LogP contribution in [-0.2, 0) is 10.0 Å². The summed E-state index contributed by atoms with van der Waals surface area (Å²) in [6.07, 6.45) is 0. The number of carbonyl (C=O) groups excluding carboxylic acids is 1. The summed E-state index contributed by atoms with van der Waals surface area (Å²) in [5.74, 6) is -0.00729. The topological polar surface area (TPSA) is 98.5 Å². The van der Waals surface area contributed by atoms with E-state index in [0.29, 0.717) is 11.3 Å². The van der Waals surface area contributed by atoms with Crippen LogP contribution in [-0.4, -0.2) is 21.4 Å². The van der Waals surface area contributed by atoms with Gasteiger partial charge in [0, 0.05) is 5.56 Å². The summed E-state index contributed by atoms with van der Waals surface area (Å²) >= 11 is 0. The number of nitrogens with two attached hydrogens (primary N) is 1. The minimum atomic E-state index is -3.87. The molecule has 0 saturated heterocycles. The molecule has 2 rings (SSSR count). The molecule has 0 unspecified atom stereocenters. The number of carbonyl (C=O) groups is 1. The predicted octanol–water partition coefficient (Wildman–Crippen LogP) is 2.21. The second-order valence-corrected chi connectivity index (χ2v) is 6.74. The number of rotatable bonds is 4. The Morgan fingerprint density at radius 2 is 1.83 bits per heavy atom. The van der Waals surface area contributed by atoms with E-state index in [0.717, 1.165) is 11.1 Å². The van der Waals surface area contributed by atoms with Crippen LogP contribution >= 0.6 is 0 Å². The van der Waals surface area contributed by atoms with E-state index in [1.54, 1.807) is 6.07 Å². The SMILES string of the molecule is COc1ccc(S(N)(=O)=O)cc1NC(=O)c1cc(C)ccc1C. The summed E-state index contributed by atoms with van der Waals surface area (Å²) in [5.41, 5.74) is 2.51. The van der Waals surface area contributed by atoms with Gasteiger partial charge >= 0.3 is 0 Å². The lowest BCUT2D eigenvalue weighted by Gasteiger charge is -2.13. The van der Waals surface area contributed by atoms with Crippen molar-refractivity contribution >= 4 is 21.6 Å². The number of amides is 1. The summed E-state index contributed by atoms with van der Waals surface area (Å²) in [7, 11) is -2.44. The molecule has 0 aliphatic carbocycles. The Morgan fingerprint density at radius 3 is 2.43 bits per heavy atom.